The van der Waals surface area contributed by atoms with E-state index in [1.54, 1.807) is 13.3 Å². The third-order valence-corrected chi connectivity index (χ3v) is 4.16. The fraction of sp³-hybridized carbons (Fsp3) is 0.688. The zero-order valence-corrected chi connectivity index (χ0v) is 13.3. The van der Waals surface area contributed by atoms with Gasteiger partial charge in [-0.1, -0.05) is 13.8 Å². The lowest BCUT2D eigenvalue weighted by atomic mass is 9.96. The summed E-state index contributed by atoms with van der Waals surface area (Å²) in [6.45, 7) is 5.65. The number of hydrogen-bond donors (Lipinski definition) is 0. The highest BCUT2D eigenvalue weighted by molar-refractivity contribution is 5.33. The number of alkyl halides is 3. The third kappa shape index (κ3) is 4.12. The zero-order chi connectivity index (χ0) is 16.3. The summed E-state index contributed by atoms with van der Waals surface area (Å²) in [5.41, 5.74) is 1.88. The molecule has 0 atom stereocenters. The first-order valence-electron chi connectivity index (χ1n) is 7.63. The monoisotopic (exact) mass is 316 g/mol. The number of hydrogen-bond acceptors (Lipinski definition) is 3. The first-order chi connectivity index (χ1) is 10.3. The number of halogens is 3. The summed E-state index contributed by atoms with van der Waals surface area (Å²) in [6, 6.07) is 1.94. The summed E-state index contributed by atoms with van der Waals surface area (Å²) in [5.74, 6) is -0.135. The minimum absolute atomic E-state index is 0.179. The molecule has 124 valence electrons. The van der Waals surface area contributed by atoms with Crippen molar-refractivity contribution < 1.29 is 17.9 Å². The van der Waals surface area contributed by atoms with Gasteiger partial charge in [-0.15, -0.1) is 0 Å². The Morgan fingerprint density at radius 2 is 1.95 bits per heavy atom. The smallest absolute Gasteiger partial charge is 0.391 e. The van der Waals surface area contributed by atoms with Gasteiger partial charge in [-0.25, -0.2) is 0 Å². The van der Waals surface area contributed by atoms with Gasteiger partial charge in [0.1, 0.15) is 5.75 Å². The van der Waals surface area contributed by atoms with Crippen LogP contribution in [0.25, 0.3) is 0 Å². The van der Waals surface area contributed by atoms with E-state index < -0.39 is 12.1 Å². The molecule has 1 fully saturated rings. The lowest BCUT2D eigenvalue weighted by Crippen LogP contribution is -2.38. The highest BCUT2D eigenvalue weighted by atomic mass is 19.4. The minimum atomic E-state index is -4.06. The van der Waals surface area contributed by atoms with Gasteiger partial charge in [-0.05, 0) is 43.5 Å². The maximum atomic E-state index is 12.7. The van der Waals surface area contributed by atoms with E-state index in [0.29, 0.717) is 19.6 Å². The molecule has 1 aromatic heterocycles. The van der Waals surface area contributed by atoms with E-state index in [0.717, 1.165) is 17.0 Å². The average Bonchev–Trinajstić information content (AvgIpc) is 2.46. The fourth-order valence-electron chi connectivity index (χ4n) is 2.86. The molecule has 0 N–H and O–H groups in total. The van der Waals surface area contributed by atoms with Crippen molar-refractivity contribution in [2.24, 2.45) is 5.92 Å². The van der Waals surface area contributed by atoms with Crippen molar-refractivity contribution in [3.8, 4) is 5.75 Å². The largest absolute Gasteiger partial charge is 0.495 e. The predicted molar refractivity (Wildman–Crippen MR) is 78.9 cm³/mol. The van der Waals surface area contributed by atoms with Crippen LogP contribution in [0.3, 0.4) is 0 Å². The Morgan fingerprint density at radius 1 is 1.32 bits per heavy atom. The van der Waals surface area contributed by atoms with E-state index >= 15 is 0 Å². The number of pyridine rings is 1. The molecule has 2 rings (SSSR count). The number of methoxy groups -OCH3 is 1. The molecule has 2 heterocycles. The summed E-state index contributed by atoms with van der Waals surface area (Å²) < 4.78 is 43.4. The molecule has 0 amide bonds. The minimum Gasteiger partial charge on any atom is -0.495 e. The molecule has 1 aromatic rings. The van der Waals surface area contributed by atoms with E-state index in [4.69, 9.17) is 4.74 Å². The van der Waals surface area contributed by atoms with Crippen LogP contribution < -0.4 is 4.74 Å². The van der Waals surface area contributed by atoms with Crippen LogP contribution in [-0.2, 0) is 6.54 Å². The Morgan fingerprint density at radius 3 is 2.45 bits per heavy atom. The van der Waals surface area contributed by atoms with Gasteiger partial charge in [0.05, 0.1) is 18.7 Å². The molecule has 0 aliphatic carbocycles. The molecule has 1 saturated heterocycles. The van der Waals surface area contributed by atoms with Crippen molar-refractivity contribution in [2.75, 3.05) is 20.2 Å². The van der Waals surface area contributed by atoms with Crippen molar-refractivity contribution in [2.45, 2.75) is 45.3 Å². The Hall–Kier alpha value is -1.30. The lowest BCUT2D eigenvalue weighted by Gasteiger charge is -2.32. The summed E-state index contributed by atoms with van der Waals surface area (Å²) in [7, 11) is 1.61. The molecule has 1 aliphatic heterocycles. The van der Waals surface area contributed by atoms with Gasteiger partial charge in [0, 0.05) is 12.7 Å². The Kier molecular flexibility index (Phi) is 5.32. The number of nitrogens with zero attached hydrogens (tertiary/aromatic N) is 2. The third-order valence-electron chi connectivity index (χ3n) is 4.16. The molecular weight excluding hydrogens is 293 g/mol. The van der Waals surface area contributed by atoms with Crippen molar-refractivity contribution in [1.29, 1.82) is 0 Å². The van der Waals surface area contributed by atoms with Gasteiger partial charge in [0.2, 0.25) is 0 Å². The molecule has 0 spiro atoms. The molecule has 0 bridgehead atoms. The maximum absolute atomic E-state index is 12.7. The summed E-state index contributed by atoms with van der Waals surface area (Å²) in [5, 5.41) is 0. The molecule has 22 heavy (non-hydrogen) atoms. The van der Waals surface area contributed by atoms with Crippen molar-refractivity contribution in [1.82, 2.24) is 9.88 Å². The predicted octanol–water partition coefficient (Wildman–Crippen LogP) is 3.99. The molecule has 1 aliphatic rings. The van der Waals surface area contributed by atoms with Crippen LogP contribution in [0.4, 0.5) is 13.2 Å². The van der Waals surface area contributed by atoms with Crippen LogP contribution >= 0.6 is 0 Å². The number of piperidine rings is 1. The quantitative estimate of drug-likeness (QED) is 0.840. The normalized spacial score (nSPS) is 18.0. The highest BCUT2D eigenvalue weighted by Gasteiger charge is 2.40. The molecule has 0 unspecified atom stereocenters. The number of rotatable bonds is 4. The SMILES string of the molecule is COc1cc(CN2CCC(C(F)(F)F)CC2)cnc1C(C)C. The second kappa shape index (κ2) is 6.86. The van der Waals surface area contributed by atoms with Gasteiger partial charge in [0.25, 0.3) is 0 Å². The fourth-order valence-corrected chi connectivity index (χ4v) is 2.86. The number of ether oxygens (including phenoxy) is 1. The Balaban J connectivity index is 1.98. The van der Waals surface area contributed by atoms with Gasteiger partial charge >= 0.3 is 6.18 Å². The van der Waals surface area contributed by atoms with Crippen LogP contribution in [0, 0.1) is 5.92 Å². The van der Waals surface area contributed by atoms with Crippen LogP contribution in [-0.4, -0.2) is 36.3 Å². The average molecular weight is 316 g/mol. The Bertz CT molecular complexity index is 495. The van der Waals surface area contributed by atoms with Crippen molar-refractivity contribution >= 4 is 0 Å². The van der Waals surface area contributed by atoms with E-state index in [9.17, 15) is 13.2 Å². The molecule has 0 radical (unpaired) electrons. The van der Waals surface area contributed by atoms with E-state index in [-0.39, 0.29) is 18.8 Å². The number of aromatic nitrogens is 1. The Labute approximate surface area is 129 Å². The maximum Gasteiger partial charge on any atom is 0.391 e. The molecule has 0 saturated carbocycles. The van der Waals surface area contributed by atoms with E-state index in [2.05, 4.69) is 4.98 Å². The second-order valence-corrected chi connectivity index (χ2v) is 6.18. The molecule has 6 heteroatoms. The lowest BCUT2D eigenvalue weighted by molar-refractivity contribution is -0.185. The first-order valence-corrected chi connectivity index (χ1v) is 7.63. The highest BCUT2D eigenvalue weighted by Crippen LogP contribution is 2.34. The van der Waals surface area contributed by atoms with Crippen LogP contribution in [0.5, 0.6) is 5.75 Å². The van der Waals surface area contributed by atoms with Gasteiger partial charge in [-0.2, -0.15) is 13.2 Å². The van der Waals surface area contributed by atoms with Crippen LogP contribution in [0.2, 0.25) is 0 Å². The second-order valence-electron chi connectivity index (χ2n) is 6.18. The first kappa shape index (κ1) is 17.1. The summed E-state index contributed by atoms with van der Waals surface area (Å²) in [6.07, 6.45) is -1.90. The van der Waals surface area contributed by atoms with Crippen molar-refractivity contribution in [3.63, 3.8) is 0 Å². The van der Waals surface area contributed by atoms with Gasteiger partial charge in [0.15, 0.2) is 0 Å². The molecular formula is C16H23F3N2O. The molecule has 3 nitrogen and oxygen atoms in total. The van der Waals surface area contributed by atoms with Crippen LogP contribution in [0.15, 0.2) is 12.3 Å². The topological polar surface area (TPSA) is 25.4 Å². The summed E-state index contributed by atoms with van der Waals surface area (Å²) in [4.78, 5) is 6.49. The van der Waals surface area contributed by atoms with E-state index in [1.165, 1.54) is 0 Å². The molecule has 0 aromatic carbocycles. The zero-order valence-electron chi connectivity index (χ0n) is 13.3. The van der Waals surface area contributed by atoms with Gasteiger partial charge < -0.3 is 4.74 Å². The van der Waals surface area contributed by atoms with Crippen LogP contribution in [0.1, 0.15) is 43.9 Å². The van der Waals surface area contributed by atoms with Gasteiger partial charge in [-0.3, -0.25) is 9.88 Å². The standard InChI is InChI=1S/C16H23F3N2O/c1-11(2)15-14(22-3)8-12(9-20-15)10-21-6-4-13(5-7-21)16(17,18)19/h8-9,11,13H,4-7,10H2,1-3H3. The van der Waals surface area contributed by atoms with E-state index in [1.807, 2.05) is 24.8 Å². The van der Waals surface area contributed by atoms with Crippen molar-refractivity contribution in [3.05, 3.63) is 23.5 Å². The summed E-state index contributed by atoms with van der Waals surface area (Å²) >= 11 is 0. The number of likely N-dealkylation sites (tertiary alicyclic amines) is 1.